The van der Waals surface area contributed by atoms with Crippen molar-refractivity contribution in [2.24, 2.45) is 11.3 Å². The summed E-state index contributed by atoms with van der Waals surface area (Å²) in [5.41, 5.74) is 1.61. The number of anilines is 1. The van der Waals surface area contributed by atoms with E-state index in [1.807, 2.05) is 32.0 Å². The molecule has 188 valence electrons. The summed E-state index contributed by atoms with van der Waals surface area (Å²) < 4.78 is 1.71. The van der Waals surface area contributed by atoms with Crippen LogP contribution in [0, 0.1) is 11.3 Å². The van der Waals surface area contributed by atoms with E-state index in [0.29, 0.717) is 17.3 Å². The lowest BCUT2D eigenvalue weighted by Crippen LogP contribution is -2.43. The molecule has 2 rings (SSSR count). The molecular formula is C27H41ClN4O2. The second-order valence-electron chi connectivity index (χ2n) is 11.8. The van der Waals surface area contributed by atoms with Gasteiger partial charge in [-0.1, -0.05) is 60.1 Å². The van der Waals surface area contributed by atoms with Crippen LogP contribution in [-0.4, -0.2) is 39.1 Å². The van der Waals surface area contributed by atoms with Gasteiger partial charge >= 0.3 is 0 Å². The first kappa shape index (κ1) is 27.9. The average molecular weight is 489 g/mol. The molecule has 0 aliphatic heterocycles. The Kier molecular flexibility index (Phi) is 8.98. The molecule has 2 aromatic rings. The van der Waals surface area contributed by atoms with Crippen LogP contribution in [0.25, 0.3) is 5.69 Å². The molecule has 0 saturated heterocycles. The molecule has 0 aliphatic carbocycles. The molecule has 1 N–H and O–H groups in total. The molecule has 0 aliphatic rings. The Morgan fingerprint density at radius 3 is 2.15 bits per heavy atom. The third kappa shape index (κ3) is 8.15. The van der Waals surface area contributed by atoms with Crippen molar-refractivity contribution in [2.45, 2.75) is 86.6 Å². The Morgan fingerprint density at radius 2 is 1.65 bits per heavy atom. The Balaban J connectivity index is 2.21. The largest absolute Gasteiger partial charge is 0.331 e. The minimum atomic E-state index is -0.249. The second kappa shape index (κ2) is 10.9. The van der Waals surface area contributed by atoms with Crippen molar-refractivity contribution >= 4 is 29.2 Å². The van der Waals surface area contributed by atoms with Crippen LogP contribution in [0.3, 0.4) is 0 Å². The fraction of sp³-hybridized carbons (Fsp3) is 0.593. The van der Waals surface area contributed by atoms with Gasteiger partial charge in [0, 0.05) is 29.0 Å². The smallest absolute Gasteiger partial charge is 0.245 e. The lowest BCUT2D eigenvalue weighted by atomic mass is 9.84. The van der Waals surface area contributed by atoms with Gasteiger partial charge in [-0.3, -0.25) is 9.59 Å². The van der Waals surface area contributed by atoms with Crippen molar-refractivity contribution in [3.8, 4) is 5.69 Å². The van der Waals surface area contributed by atoms with E-state index in [1.165, 1.54) is 0 Å². The summed E-state index contributed by atoms with van der Waals surface area (Å²) in [7, 11) is 0. The van der Waals surface area contributed by atoms with Crippen LogP contribution >= 0.6 is 11.6 Å². The van der Waals surface area contributed by atoms with Crippen LogP contribution < -0.4 is 5.32 Å². The van der Waals surface area contributed by atoms with Crippen molar-refractivity contribution in [1.29, 1.82) is 0 Å². The molecule has 1 heterocycles. The maximum atomic E-state index is 13.1. The first-order valence-corrected chi connectivity index (χ1v) is 12.4. The van der Waals surface area contributed by atoms with E-state index in [4.69, 9.17) is 16.7 Å². The lowest BCUT2D eigenvalue weighted by molar-refractivity contribution is -0.137. The molecule has 0 bridgehead atoms. The molecule has 34 heavy (non-hydrogen) atoms. The van der Waals surface area contributed by atoms with Crippen molar-refractivity contribution in [3.63, 3.8) is 0 Å². The number of benzene rings is 1. The van der Waals surface area contributed by atoms with Gasteiger partial charge in [-0.2, -0.15) is 5.10 Å². The van der Waals surface area contributed by atoms with E-state index >= 15 is 0 Å². The minimum Gasteiger partial charge on any atom is -0.331 e. The third-order valence-electron chi connectivity index (χ3n) is 5.56. The predicted octanol–water partition coefficient (Wildman–Crippen LogP) is 6.46. The van der Waals surface area contributed by atoms with Gasteiger partial charge < -0.3 is 10.2 Å². The number of nitrogens with one attached hydrogen (secondary N) is 1. The molecule has 0 fully saturated rings. The van der Waals surface area contributed by atoms with Crippen molar-refractivity contribution < 1.29 is 9.59 Å². The highest BCUT2D eigenvalue weighted by molar-refractivity contribution is 6.30. The van der Waals surface area contributed by atoms with Crippen LogP contribution in [-0.2, 0) is 15.0 Å². The maximum Gasteiger partial charge on any atom is 0.245 e. The number of nitrogens with zero attached hydrogens (tertiary/aromatic N) is 3. The Labute approximate surface area is 210 Å². The van der Waals surface area contributed by atoms with Gasteiger partial charge in [-0.15, -0.1) is 0 Å². The van der Waals surface area contributed by atoms with E-state index in [0.717, 1.165) is 17.8 Å². The number of hydrogen-bond acceptors (Lipinski definition) is 3. The zero-order valence-corrected chi connectivity index (χ0v) is 23.0. The summed E-state index contributed by atoms with van der Waals surface area (Å²) in [6.45, 7) is 18.7. The zero-order chi connectivity index (χ0) is 25.8. The van der Waals surface area contributed by atoms with E-state index in [1.54, 1.807) is 21.7 Å². The van der Waals surface area contributed by atoms with Gasteiger partial charge in [-0.05, 0) is 55.9 Å². The SMILES string of the molecule is CC(CC(=O)N(CC(=O)Nc1cc(C(C)(C)C)nn1-c1ccc(Cl)cc1)C(C)C)CC(C)(C)C. The standard InChI is InChI=1S/C27H41ClN4O2/c1-18(2)31(25(34)14-19(3)16-26(4,5)6)17-24(33)29-23-15-22(27(7,8)9)30-32(23)21-12-10-20(28)11-13-21/h10-13,15,18-19H,14,16-17H2,1-9H3,(H,29,33). The van der Waals surface area contributed by atoms with E-state index in [-0.39, 0.29) is 41.1 Å². The number of aromatic nitrogens is 2. The fourth-order valence-electron chi connectivity index (χ4n) is 4.04. The van der Waals surface area contributed by atoms with Gasteiger partial charge in [-0.25, -0.2) is 4.68 Å². The molecule has 1 atom stereocenters. The van der Waals surface area contributed by atoms with Gasteiger partial charge in [0.2, 0.25) is 11.8 Å². The minimum absolute atomic E-state index is 0.00323. The third-order valence-corrected chi connectivity index (χ3v) is 5.81. The number of amides is 2. The highest BCUT2D eigenvalue weighted by atomic mass is 35.5. The monoisotopic (exact) mass is 488 g/mol. The van der Waals surface area contributed by atoms with Crippen LogP contribution in [0.4, 0.5) is 5.82 Å². The summed E-state index contributed by atoms with van der Waals surface area (Å²) in [5, 5.41) is 8.35. The number of halogens is 1. The number of carbonyl (C=O) groups excluding carboxylic acids is 2. The number of hydrogen-bond donors (Lipinski definition) is 1. The van der Waals surface area contributed by atoms with Crippen molar-refractivity contribution in [2.75, 3.05) is 11.9 Å². The first-order chi connectivity index (χ1) is 15.6. The van der Waals surface area contributed by atoms with Crippen molar-refractivity contribution in [3.05, 3.63) is 41.0 Å². The Bertz CT molecular complexity index is 982. The molecule has 1 aromatic heterocycles. The molecule has 1 unspecified atom stereocenters. The first-order valence-electron chi connectivity index (χ1n) is 12.0. The molecule has 1 aromatic carbocycles. The summed E-state index contributed by atoms with van der Waals surface area (Å²) in [4.78, 5) is 27.8. The summed E-state index contributed by atoms with van der Waals surface area (Å²) in [5.74, 6) is 0.566. The maximum absolute atomic E-state index is 13.1. The van der Waals surface area contributed by atoms with Crippen LogP contribution in [0.5, 0.6) is 0 Å². The quantitative estimate of drug-likeness (QED) is 0.463. The van der Waals surface area contributed by atoms with Crippen LogP contribution in [0.15, 0.2) is 30.3 Å². The molecule has 0 saturated carbocycles. The van der Waals surface area contributed by atoms with Gasteiger partial charge in [0.25, 0.3) is 0 Å². The van der Waals surface area contributed by atoms with E-state index in [2.05, 4.69) is 53.8 Å². The van der Waals surface area contributed by atoms with Crippen LogP contribution in [0.2, 0.25) is 5.02 Å². The highest BCUT2D eigenvalue weighted by Gasteiger charge is 2.26. The van der Waals surface area contributed by atoms with Gasteiger partial charge in [0.1, 0.15) is 12.4 Å². The lowest BCUT2D eigenvalue weighted by Gasteiger charge is -2.29. The summed E-state index contributed by atoms with van der Waals surface area (Å²) in [6, 6.07) is 9.11. The second-order valence-corrected chi connectivity index (χ2v) is 12.2. The Hall–Kier alpha value is -2.34. The highest BCUT2D eigenvalue weighted by Crippen LogP contribution is 2.28. The normalized spacial score (nSPS) is 13.1. The van der Waals surface area contributed by atoms with E-state index in [9.17, 15) is 9.59 Å². The van der Waals surface area contributed by atoms with Gasteiger partial charge in [0.15, 0.2) is 0 Å². The van der Waals surface area contributed by atoms with Crippen molar-refractivity contribution in [1.82, 2.24) is 14.7 Å². The topological polar surface area (TPSA) is 67.2 Å². The molecular weight excluding hydrogens is 448 g/mol. The zero-order valence-electron chi connectivity index (χ0n) is 22.2. The summed E-state index contributed by atoms with van der Waals surface area (Å²) >= 11 is 6.05. The molecule has 2 amide bonds. The number of carbonyl (C=O) groups is 2. The average Bonchev–Trinajstić information content (AvgIpc) is 3.09. The summed E-state index contributed by atoms with van der Waals surface area (Å²) in [6.07, 6.45) is 1.38. The van der Waals surface area contributed by atoms with Gasteiger partial charge in [0.05, 0.1) is 11.4 Å². The molecule has 7 heteroatoms. The Morgan fingerprint density at radius 1 is 1.06 bits per heavy atom. The number of rotatable bonds is 8. The van der Waals surface area contributed by atoms with E-state index < -0.39 is 0 Å². The predicted molar refractivity (Wildman–Crippen MR) is 141 cm³/mol. The van der Waals surface area contributed by atoms with Crippen LogP contribution in [0.1, 0.15) is 80.8 Å². The molecule has 0 spiro atoms. The molecule has 6 nitrogen and oxygen atoms in total. The molecule has 0 radical (unpaired) electrons. The fourth-order valence-corrected chi connectivity index (χ4v) is 4.17.